The molecule has 0 bridgehead atoms. The van der Waals surface area contributed by atoms with Gasteiger partial charge in [-0.2, -0.15) is 0 Å². The number of rotatable bonds is 5. The number of aryl methyl sites for hydroxylation is 1. The van der Waals surface area contributed by atoms with Gasteiger partial charge in [0.25, 0.3) is 0 Å². The molecule has 2 aromatic carbocycles. The van der Waals surface area contributed by atoms with Crippen molar-refractivity contribution in [1.29, 1.82) is 0 Å². The second kappa shape index (κ2) is 6.96. The molecule has 112 valence electrons. The predicted octanol–water partition coefficient (Wildman–Crippen LogP) is 3.90. The molecule has 0 saturated carbocycles. The summed E-state index contributed by atoms with van der Waals surface area (Å²) in [4.78, 5) is 2.21. The Bertz CT molecular complexity index is 615. The van der Waals surface area contributed by atoms with Crippen LogP contribution in [0.1, 0.15) is 17.2 Å². The average molecular weight is 349 g/mol. The van der Waals surface area contributed by atoms with Crippen LogP contribution in [0.4, 0.5) is 5.69 Å². The number of benzene rings is 2. The number of likely N-dealkylation sites (N-methyl/N-ethyl adjacent to an activating group) is 1. The molecule has 0 spiro atoms. The minimum absolute atomic E-state index is 0.0542. The van der Waals surface area contributed by atoms with Gasteiger partial charge >= 0.3 is 0 Å². The molecule has 1 atom stereocenters. The Balaban J connectivity index is 2.44. The van der Waals surface area contributed by atoms with Crippen LogP contribution in [0.3, 0.4) is 0 Å². The molecule has 0 saturated heterocycles. The summed E-state index contributed by atoms with van der Waals surface area (Å²) in [6.07, 6.45) is 0. The van der Waals surface area contributed by atoms with Crippen molar-refractivity contribution in [1.82, 2.24) is 0 Å². The van der Waals surface area contributed by atoms with Crippen LogP contribution in [-0.4, -0.2) is 20.7 Å². The zero-order chi connectivity index (χ0) is 15.4. The Hall–Kier alpha value is -1.52. The number of hydrogen-bond donors (Lipinski definition) is 1. The highest BCUT2D eigenvalue weighted by Gasteiger charge is 2.21. The summed E-state index contributed by atoms with van der Waals surface area (Å²) in [5.41, 5.74) is 9.54. The number of ether oxygens (including phenoxy) is 1. The van der Waals surface area contributed by atoms with Gasteiger partial charge in [-0.25, -0.2) is 0 Å². The summed E-state index contributed by atoms with van der Waals surface area (Å²) in [6, 6.07) is 14.4. The van der Waals surface area contributed by atoms with Crippen LogP contribution < -0.4 is 15.4 Å². The molecular weight excluding hydrogens is 328 g/mol. The first-order valence-corrected chi connectivity index (χ1v) is 7.69. The highest BCUT2D eigenvalue weighted by molar-refractivity contribution is 9.10. The fraction of sp³-hybridized carbons (Fsp3) is 0.294. The Morgan fingerprint density at radius 3 is 2.57 bits per heavy atom. The number of nitrogens with two attached hydrogens (primary N) is 1. The van der Waals surface area contributed by atoms with Crippen molar-refractivity contribution < 1.29 is 4.74 Å². The zero-order valence-electron chi connectivity index (χ0n) is 12.6. The molecular formula is C17H21BrN2O. The van der Waals surface area contributed by atoms with Crippen molar-refractivity contribution in [3.8, 4) is 5.75 Å². The molecule has 0 aliphatic rings. The summed E-state index contributed by atoms with van der Waals surface area (Å²) < 4.78 is 6.52. The Morgan fingerprint density at radius 2 is 1.95 bits per heavy atom. The van der Waals surface area contributed by atoms with Crippen molar-refractivity contribution in [3.05, 3.63) is 58.1 Å². The molecule has 0 aliphatic carbocycles. The fourth-order valence-electron chi connectivity index (χ4n) is 2.59. The van der Waals surface area contributed by atoms with Crippen LogP contribution in [0.15, 0.2) is 46.9 Å². The van der Waals surface area contributed by atoms with Gasteiger partial charge in [-0.15, -0.1) is 0 Å². The van der Waals surface area contributed by atoms with Gasteiger partial charge in [0.2, 0.25) is 0 Å². The van der Waals surface area contributed by atoms with Crippen molar-refractivity contribution in [2.45, 2.75) is 13.0 Å². The largest absolute Gasteiger partial charge is 0.496 e. The second-order valence-electron chi connectivity index (χ2n) is 5.04. The van der Waals surface area contributed by atoms with Crippen LogP contribution in [0, 0.1) is 6.92 Å². The molecule has 2 N–H and O–H groups in total. The molecule has 0 aromatic heterocycles. The van der Waals surface area contributed by atoms with E-state index < -0.39 is 0 Å². The van der Waals surface area contributed by atoms with Gasteiger partial charge in [0, 0.05) is 29.3 Å². The Morgan fingerprint density at radius 1 is 1.24 bits per heavy atom. The van der Waals surface area contributed by atoms with Crippen LogP contribution in [-0.2, 0) is 0 Å². The first-order chi connectivity index (χ1) is 10.1. The molecule has 0 fully saturated rings. The summed E-state index contributed by atoms with van der Waals surface area (Å²) in [5.74, 6) is 0.856. The van der Waals surface area contributed by atoms with E-state index in [4.69, 9.17) is 10.5 Å². The van der Waals surface area contributed by atoms with E-state index in [1.54, 1.807) is 7.11 Å². The first-order valence-electron chi connectivity index (χ1n) is 6.90. The van der Waals surface area contributed by atoms with Gasteiger partial charge in [0.05, 0.1) is 13.2 Å². The number of methoxy groups -OCH3 is 1. The van der Waals surface area contributed by atoms with Crippen LogP contribution in [0.25, 0.3) is 0 Å². The average Bonchev–Trinajstić information content (AvgIpc) is 2.48. The zero-order valence-corrected chi connectivity index (χ0v) is 14.2. The maximum Gasteiger partial charge on any atom is 0.124 e. The lowest BCUT2D eigenvalue weighted by Crippen LogP contribution is -2.31. The lowest BCUT2D eigenvalue weighted by atomic mass is 10.0. The summed E-state index contributed by atoms with van der Waals surface area (Å²) >= 11 is 3.53. The quantitative estimate of drug-likeness (QED) is 0.890. The maximum absolute atomic E-state index is 6.05. The fourth-order valence-corrected chi connectivity index (χ4v) is 2.97. The molecule has 3 nitrogen and oxygen atoms in total. The van der Waals surface area contributed by atoms with Crippen LogP contribution in [0.5, 0.6) is 5.75 Å². The van der Waals surface area contributed by atoms with E-state index in [9.17, 15) is 0 Å². The number of anilines is 1. The summed E-state index contributed by atoms with van der Waals surface area (Å²) in [6.45, 7) is 2.62. The molecule has 0 radical (unpaired) electrons. The van der Waals surface area contributed by atoms with Gasteiger partial charge < -0.3 is 15.4 Å². The SMILES string of the molecule is COc1ccc(Br)cc1C(CN)N(C)c1ccccc1C. The minimum Gasteiger partial charge on any atom is -0.496 e. The van der Waals surface area contributed by atoms with E-state index in [2.05, 4.69) is 53.0 Å². The number of halogens is 1. The summed E-state index contributed by atoms with van der Waals surface area (Å²) in [5, 5.41) is 0. The number of nitrogens with zero attached hydrogens (tertiary/aromatic N) is 1. The highest BCUT2D eigenvalue weighted by Crippen LogP contribution is 2.34. The highest BCUT2D eigenvalue weighted by atomic mass is 79.9. The van der Waals surface area contributed by atoms with E-state index in [-0.39, 0.29) is 6.04 Å². The van der Waals surface area contributed by atoms with E-state index in [0.717, 1.165) is 15.8 Å². The minimum atomic E-state index is 0.0542. The molecule has 0 aliphatic heterocycles. The van der Waals surface area contributed by atoms with E-state index >= 15 is 0 Å². The van der Waals surface area contributed by atoms with Gasteiger partial charge in [0.1, 0.15) is 5.75 Å². The molecule has 4 heteroatoms. The summed E-state index contributed by atoms with van der Waals surface area (Å²) in [7, 11) is 3.76. The Kier molecular flexibility index (Phi) is 5.26. The van der Waals surface area contributed by atoms with Gasteiger partial charge in [-0.1, -0.05) is 34.1 Å². The third-order valence-electron chi connectivity index (χ3n) is 3.74. The van der Waals surface area contributed by atoms with Crippen molar-refractivity contribution in [2.75, 3.05) is 25.6 Å². The van der Waals surface area contributed by atoms with E-state index in [1.165, 1.54) is 11.3 Å². The molecule has 2 aromatic rings. The van der Waals surface area contributed by atoms with Gasteiger partial charge in [0.15, 0.2) is 0 Å². The maximum atomic E-state index is 6.05. The molecule has 0 amide bonds. The van der Waals surface area contributed by atoms with Gasteiger partial charge in [-0.05, 0) is 36.8 Å². The third-order valence-corrected chi connectivity index (χ3v) is 4.23. The predicted molar refractivity (Wildman–Crippen MR) is 92.1 cm³/mol. The molecule has 1 unspecified atom stereocenters. The third kappa shape index (κ3) is 3.39. The lowest BCUT2D eigenvalue weighted by Gasteiger charge is -2.31. The van der Waals surface area contributed by atoms with Crippen molar-refractivity contribution in [3.63, 3.8) is 0 Å². The van der Waals surface area contributed by atoms with E-state index in [1.807, 2.05) is 24.3 Å². The monoisotopic (exact) mass is 348 g/mol. The van der Waals surface area contributed by atoms with Crippen LogP contribution in [0.2, 0.25) is 0 Å². The van der Waals surface area contributed by atoms with Crippen molar-refractivity contribution >= 4 is 21.6 Å². The smallest absolute Gasteiger partial charge is 0.124 e. The lowest BCUT2D eigenvalue weighted by molar-refractivity contribution is 0.405. The van der Waals surface area contributed by atoms with Gasteiger partial charge in [-0.3, -0.25) is 0 Å². The van der Waals surface area contributed by atoms with E-state index in [0.29, 0.717) is 6.54 Å². The number of hydrogen-bond acceptors (Lipinski definition) is 3. The molecule has 2 rings (SSSR count). The standard InChI is InChI=1S/C17H21BrN2O/c1-12-6-4-5-7-15(12)20(2)16(11-19)14-10-13(18)8-9-17(14)21-3/h4-10,16H,11,19H2,1-3H3. The van der Waals surface area contributed by atoms with Crippen LogP contribution >= 0.6 is 15.9 Å². The first kappa shape index (κ1) is 15.9. The number of para-hydroxylation sites is 1. The molecule has 21 heavy (non-hydrogen) atoms. The second-order valence-corrected chi connectivity index (χ2v) is 5.95. The van der Waals surface area contributed by atoms with Crippen molar-refractivity contribution in [2.24, 2.45) is 5.73 Å². The topological polar surface area (TPSA) is 38.5 Å². The Labute approximate surface area is 134 Å². The molecule has 0 heterocycles. The normalized spacial score (nSPS) is 12.0.